The molecular formula is C19H24N4O. The number of hydrogen-bond donors (Lipinski definition) is 3. The average molecular weight is 324 g/mol. The normalized spacial score (nSPS) is 10.3. The van der Waals surface area contributed by atoms with Crippen LogP contribution in [0, 0.1) is 16.7 Å². The first kappa shape index (κ1) is 17.2. The molecule has 5 nitrogen and oxygen atoms in total. The fourth-order valence-corrected chi connectivity index (χ4v) is 2.64. The van der Waals surface area contributed by atoms with Crippen molar-refractivity contribution in [3.63, 3.8) is 0 Å². The zero-order valence-electron chi connectivity index (χ0n) is 14.0. The first-order valence-corrected chi connectivity index (χ1v) is 7.64. The van der Waals surface area contributed by atoms with E-state index in [1.165, 1.54) is 0 Å². The second-order valence-electron chi connectivity index (χ2n) is 5.91. The standard InChI is InChI=1S/C19H20N4O.2H2/c1-11(2)18-13(10-20)5-4-6-15(18)19(24)23-14-7-8-17(22)16(9-14)12(3)21;;/h4-9,11,21H,22H2,1-3H3,(H,23,24);2*1H. The van der Waals surface area contributed by atoms with Crippen molar-refractivity contribution >= 4 is 23.0 Å². The molecule has 0 unspecified atom stereocenters. The highest BCUT2D eigenvalue weighted by Gasteiger charge is 2.18. The van der Waals surface area contributed by atoms with E-state index in [-0.39, 0.29) is 14.7 Å². The number of hydrogen-bond acceptors (Lipinski definition) is 4. The molecule has 0 spiro atoms. The van der Waals surface area contributed by atoms with Gasteiger partial charge in [-0.15, -0.1) is 0 Å². The van der Waals surface area contributed by atoms with Gasteiger partial charge in [0.05, 0.1) is 11.6 Å². The van der Waals surface area contributed by atoms with Crippen molar-refractivity contribution in [3.8, 4) is 6.07 Å². The lowest BCUT2D eigenvalue weighted by atomic mass is 9.92. The molecule has 0 fully saturated rings. The van der Waals surface area contributed by atoms with E-state index in [4.69, 9.17) is 11.1 Å². The Morgan fingerprint density at radius 1 is 1.29 bits per heavy atom. The second-order valence-corrected chi connectivity index (χ2v) is 5.91. The Labute approximate surface area is 144 Å². The molecule has 0 aromatic heterocycles. The summed E-state index contributed by atoms with van der Waals surface area (Å²) in [5.41, 5.74) is 9.54. The number of rotatable bonds is 4. The molecule has 126 valence electrons. The third kappa shape index (κ3) is 3.44. The van der Waals surface area contributed by atoms with Crippen molar-refractivity contribution in [2.45, 2.75) is 26.7 Å². The van der Waals surface area contributed by atoms with Gasteiger partial charge in [0.2, 0.25) is 0 Å². The Morgan fingerprint density at radius 2 is 2.00 bits per heavy atom. The number of nitrogens with two attached hydrogens (primary N) is 1. The Bertz CT molecular complexity index is 857. The summed E-state index contributed by atoms with van der Waals surface area (Å²) in [6.07, 6.45) is 0. The lowest BCUT2D eigenvalue weighted by Crippen LogP contribution is -2.16. The molecule has 5 heteroatoms. The van der Waals surface area contributed by atoms with E-state index >= 15 is 0 Å². The van der Waals surface area contributed by atoms with Crippen LogP contribution in [0.3, 0.4) is 0 Å². The van der Waals surface area contributed by atoms with E-state index in [0.29, 0.717) is 33.8 Å². The molecule has 0 atom stereocenters. The van der Waals surface area contributed by atoms with Crippen LogP contribution in [0.1, 0.15) is 56.6 Å². The van der Waals surface area contributed by atoms with Crippen LogP contribution in [0.15, 0.2) is 36.4 Å². The van der Waals surface area contributed by atoms with Crippen LogP contribution in [0.25, 0.3) is 0 Å². The van der Waals surface area contributed by atoms with E-state index in [1.54, 1.807) is 43.3 Å². The topological polar surface area (TPSA) is 103 Å². The zero-order chi connectivity index (χ0) is 17.9. The molecule has 0 heterocycles. The molecule has 0 radical (unpaired) electrons. The minimum atomic E-state index is -0.283. The van der Waals surface area contributed by atoms with Gasteiger partial charge in [0.1, 0.15) is 0 Å². The zero-order valence-corrected chi connectivity index (χ0v) is 14.0. The Hall–Kier alpha value is -3.13. The summed E-state index contributed by atoms with van der Waals surface area (Å²) in [6.45, 7) is 5.55. The van der Waals surface area contributed by atoms with Crippen molar-refractivity contribution in [1.82, 2.24) is 0 Å². The molecule has 4 N–H and O–H groups in total. The van der Waals surface area contributed by atoms with Crippen LogP contribution in [0.2, 0.25) is 0 Å². The molecule has 24 heavy (non-hydrogen) atoms. The van der Waals surface area contributed by atoms with Gasteiger partial charge in [-0.05, 0) is 48.7 Å². The number of nitrogen functional groups attached to an aromatic ring is 1. The number of amides is 1. The van der Waals surface area contributed by atoms with Gasteiger partial charge in [-0.3, -0.25) is 4.79 Å². The number of nitriles is 1. The third-order valence-corrected chi connectivity index (χ3v) is 3.76. The van der Waals surface area contributed by atoms with Crippen LogP contribution < -0.4 is 11.1 Å². The van der Waals surface area contributed by atoms with E-state index in [0.717, 1.165) is 5.56 Å². The maximum absolute atomic E-state index is 12.7. The van der Waals surface area contributed by atoms with Crippen LogP contribution in [0.5, 0.6) is 0 Å². The van der Waals surface area contributed by atoms with Gasteiger partial charge < -0.3 is 16.5 Å². The first-order valence-electron chi connectivity index (χ1n) is 7.64. The van der Waals surface area contributed by atoms with Crippen molar-refractivity contribution in [2.75, 3.05) is 11.1 Å². The number of carbonyl (C=O) groups excluding carboxylic acids is 1. The number of anilines is 2. The van der Waals surface area contributed by atoms with Crippen molar-refractivity contribution < 1.29 is 7.65 Å². The summed E-state index contributed by atoms with van der Waals surface area (Å²) in [5, 5.41) is 19.8. The van der Waals surface area contributed by atoms with Gasteiger partial charge in [-0.1, -0.05) is 19.9 Å². The van der Waals surface area contributed by atoms with Gasteiger partial charge in [0, 0.05) is 31.1 Å². The summed E-state index contributed by atoms with van der Waals surface area (Å²) in [7, 11) is 0. The Balaban J connectivity index is 0.00000312. The molecule has 2 rings (SSSR count). The van der Waals surface area contributed by atoms with E-state index in [9.17, 15) is 10.1 Å². The molecule has 0 aliphatic rings. The summed E-state index contributed by atoms with van der Waals surface area (Å²) in [6, 6.07) is 12.3. The van der Waals surface area contributed by atoms with Crippen molar-refractivity contribution in [2.24, 2.45) is 0 Å². The van der Waals surface area contributed by atoms with Crippen LogP contribution in [0.4, 0.5) is 11.4 Å². The maximum atomic E-state index is 12.7. The molecule has 0 aliphatic carbocycles. The predicted octanol–water partition coefficient (Wildman–Crippen LogP) is 4.40. The Morgan fingerprint density at radius 3 is 2.58 bits per heavy atom. The highest BCUT2D eigenvalue weighted by Crippen LogP contribution is 2.25. The monoisotopic (exact) mass is 324 g/mol. The number of nitrogens with one attached hydrogen (secondary N) is 2. The fraction of sp³-hybridized carbons (Fsp3) is 0.211. The van der Waals surface area contributed by atoms with Crippen LogP contribution in [-0.2, 0) is 0 Å². The average Bonchev–Trinajstić information content (AvgIpc) is 2.55. The van der Waals surface area contributed by atoms with Gasteiger partial charge in [0.15, 0.2) is 0 Å². The second kappa shape index (κ2) is 6.97. The lowest BCUT2D eigenvalue weighted by Gasteiger charge is -2.15. The van der Waals surface area contributed by atoms with Crippen molar-refractivity contribution in [1.29, 1.82) is 10.7 Å². The third-order valence-electron chi connectivity index (χ3n) is 3.76. The van der Waals surface area contributed by atoms with Gasteiger partial charge >= 0.3 is 0 Å². The highest BCUT2D eigenvalue weighted by molar-refractivity contribution is 6.07. The molecule has 2 aromatic rings. The lowest BCUT2D eigenvalue weighted by molar-refractivity contribution is 0.102. The summed E-state index contributed by atoms with van der Waals surface area (Å²) < 4.78 is 0. The molecule has 0 saturated carbocycles. The number of carbonyl (C=O) groups is 1. The quantitative estimate of drug-likeness (QED) is 0.573. The SMILES string of the molecule is CC(=N)c1cc(NC(=O)c2cccc(C#N)c2C(C)C)ccc1N.[HH].[HH]. The smallest absolute Gasteiger partial charge is 0.255 e. The van der Waals surface area contributed by atoms with Gasteiger partial charge in [-0.25, -0.2) is 0 Å². The number of nitrogens with zero attached hydrogens (tertiary/aromatic N) is 1. The minimum absolute atomic E-state index is 0. The molecule has 1 amide bonds. The van der Waals surface area contributed by atoms with E-state index in [2.05, 4.69) is 11.4 Å². The Kier molecular flexibility index (Phi) is 5.00. The molecule has 0 saturated heterocycles. The molecule has 0 bridgehead atoms. The van der Waals surface area contributed by atoms with Gasteiger partial charge in [0.25, 0.3) is 5.91 Å². The predicted molar refractivity (Wildman–Crippen MR) is 101 cm³/mol. The maximum Gasteiger partial charge on any atom is 0.255 e. The molecule has 0 aliphatic heterocycles. The van der Waals surface area contributed by atoms with Crippen LogP contribution in [-0.4, -0.2) is 11.6 Å². The summed E-state index contributed by atoms with van der Waals surface area (Å²) in [5.74, 6) is -0.235. The summed E-state index contributed by atoms with van der Waals surface area (Å²) in [4.78, 5) is 12.7. The van der Waals surface area contributed by atoms with E-state index in [1.807, 2.05) is 13.8 Å². The van der Waals surface area contributed by atoms with E-state index < -0.39 is 0 Å². The molecule has 2 aromatic carbocycles. The first-order chi connectivity index (χ1) is 11.3. The van der Waals surface area contributed by atoms with Crippen LogP contribution >= 0.6 is 0 Å². The summed E-state index contributed by atoms with van der Waals surface area (Å²) >= 11 is 0. The molecular weight excluding hydrogens is 300 g/mol. The van der Waals surface area contributed by atoms with Crippen molar-refractivity contribution in [3.05, 3.63) is 58.7 Å². The largest absolute Gasteiger partial charge is 0.398 e. The fourth-order valence-electron chi connectivity index (χ4n) is 2.64. The highest BCUT2D eigenvalue weighted by atomic mass is 16.1. The van der Waals surface area contributed by atoms with Gasteiger partial charge in [-0.2, -0.15) is 5.26 Å². The number of benzene rings is 2. The minimum Gasteiger partial charge on any atom is -0.398 e.